The lowest BCUT2D eigenvalue weighted by atomic mass is 10.2. The molecule has 1 aromatic carbocycles. The van der Waals surface area contributed by atoms with Crippen LogP contribution in [0.2, 0.25) is 0 Å². The predicted molar refractivity (Wildman–Crippen MR) is 83.4 cm³/mol. The summed E-state index contributed by atoms with van der Waals surface area (Å²) in [5, 5.41) is 3.40. The fraction of sp³-hybridized carbons (Fsp3) is 0.625. The van der Waals surface area contributed by atoms with E-state index in [-0.39, 0.29) is 0 Å². The zero-order valence-corrected chi connectivity index (χ0v) is 13.6. The first kappa shape index (κ1) is 15.0. The van der Waals surface area contributed by atoms with Crippen LogP contribution in [0.15, 0.2) is 29.2 Å². The molecule has 2 saturated carbocycles. The molecule has 1 aromatic rings. The number of nitrogens with one attached hydrogen (secondary N) is 1. The molecule has 0 aromatic heterocycles. The van der Waals surface area contributed by atoms with Crippen LogP contribution in [0.4, 0.5) is 0 Å². The maximum Gasteiger partial charge on any atom is 0.243 e. The Kier molecular flexibility index (Phi) is 4.08. The highest BCUT2D eigenvalue weighted by molar-refractivity contribution is 7.89. The van der Waals surface area contributed by atoms with E-state index in [1.165, 1.54) is 17.1 Å². The Hall–Kier alpha value is -0.910. The van der Waals surface area contributed by atoms with Crippen molar-refractivity contribution in [1.82, 2.24) is 9.62 Å². The summed E-state index contributed by atoms with van der Waals surface area (Å²) < 4.78 is 27.1. The molecule has 2 unspecified atom stereocenters. The van der Waals surface area contributed by atoms with Crippen LogP contribution in [0, 0.1) is 11.8 Å². The van der Waals surface area contributed by atoms with Gasteiger partial charge in [-0.15, -0.1) is 0 Å². The summed E-state index contributed by atoms with van der Waals surface area (Å²) in [6.45, 7) is 3.44. The van der Waals surface area contributed by atoms with E-state index in [2.05, 4.69) is 12.2 Å². The molecule has 0 heterocycles. The number of rotatable bonds is 7. The topological polar surface area (TPSA) is 49.4 Å². The minimum atomic E-state index is -3.38. The quantitative estimate of drug-likeness (QED) is 0.840. The van der Waals surface area contributed by atoms with Gasteiger partial charge in [0.15, 0.2) is 0 Å². The Labute approximate surface area is 127 Å². The second-order valence-electron chi connectivity index (χ2n) is 6.52. The molecule has 0 amide bonds. The van der Waals surface area contributed by atoms with Gasteiger partial charge in [-0.3, -0.25) is 0 Å². The third kappa shape index (κ3) is 3.47. The van der Waals surface area contributed by atoms with Gasteiger partial charge >= 0.3 is 0 Å². The molecule has 4 nitrogen and oxygen atoms in total. The van der Waals surface area contributed by atoms with Gasteiger partial charge in [0.25, 0.3) is 0 Å². The molecule has 0 spiro atoms. The number of nitrogens with zero attached hydrogens (tertiary/aromatic N) is 1. The Bertz CT molecular complexity index is 610. The third-order valence-electron chi connectivity index (χ3n) is 4.59. The molecule has 5 heteroatoms. The molecular weight excluding hydrogens is 284 g/mol. The van der Waals surface area contributed by atoms with Crippen molar-refractivity contribution >= 4 is 10.0 Å². The third-order valence-corrected chi connectivity index (χ3v) is 6.51. The van der Waals surface area contributed by atoms with E-state index in [1.807, 2.05) is 12.1 Å². The number of benzene rings is 1. The first-order chi connectivity index (χ1) is 9.98. The second kappa shape index (κ2) is 5.71. The molecule has 2 fully saturated rings. The Balaban J connectivity index is 1.76. The lowest BCUT2D eigenvalue weighted by Gasteiger charge is -2.19. The van der Waals surface area contributed by atoms with Crippen LogP contribution < -0.4 is 5.32 Å². The van der Waals surface area contributed by atoms with Gasteiger partial charge in [-0.25, -0.2) is 12.7 Å². The molecule has 2 aliphatic rings. The van der Waals surface area contributed by atoms with Crippen LogP contribution in [-0.2, 0) is 16.6 Å². The zero-order valence-electron chi connectivity index (χ0n) is 12.7. The van der Waals surface area contributed by atoms with Crippen molar-refractivity contribution in [2.75, 3.05) is 13.6 Å². The average Bonchev–Trinajstić information content (AvgIpc) is 3.36. The van der Waals surface area contributed by atoms with Crippen molar-refractivity contribution in [3.8, 4) is 0 Å². The first-order valence-corrected chi connectivity index (χ1v) is 9.20. The van der Waals surface area contributed by atoms with Crippen molar-refractivity contribution in [1.29, 1.82) is 0 Å². The predicted octanol–water partition coefficient (Wildman–Crippen LogP) is 2.22. The summed E-state index contributed by atoms with van der Waals surface area (Å²) in [7, 11) is -1.68. The molecule has 2 atom stereocenters. The summed E-state index contributed by atoms with van der Waals surface area (Å²) >= 11 is 0. The van der Waals surface area contributed by atoms with Gasteiger partial charge in [0, 0.05) is 26.2 Å². The van der Waals surface area contributed by atoms with Crippen LogP contribution in [-0.4, -0.2) is 32.4 Å². The van der Waals surface area contributed by atoms with Crippen LogP contribution >= 0.6 is 0 Å². The molecule has 1 N–H and O–H groups in total. The monoisotopic (exact) mass is 308 g/mol. The molecule has 2 aliphatic carbocycles. The Morgan fingerprint density at radius 2 is 1.95 bits per heavy atom. The summed E-state index contributed by atoms with van der Waals surface area (Å²) in [5.41, 5.74) is 0.875. The van der Waals surface area contributed by atoms with Gasteiger partial charge in [-0.2, -0.15) is 0 Å². The average molecular weight is 308 g/mol. The van der Waals surface area contributed by atoms with E-state index < -0.39 is 10.0 Å². The molecule has 0 saturated heterocycles. The maximum absolute atomic E-state index is 12.8. The van der Waals surface area contributed by atoms with Crippen LogP contribution in [0.1, 0.15) is 31.7 Å². The van der Waals surface area contributed by atoms with Crippen molar-refractivity contribution in [2.24, 2.45) is 11.8 Å². The SMILES string of the molecule is CC1CC1CN(C)S(=O)(=O)c1ccccc1CNC1CC1. The zero-order chi connectivity index (χ0) is 15.0. The lowest BCUT2D eigenvalue weighted by molar-refractivity contribution is 0.443. The summed E-state index contributed by atoms with van der Waals surface area (Å²) in [6.07, 6.45) is 3.55. The van der Waals surface area contributed by atoms with Crippen LogP contribution in [0.5, 0.6) is 0 Å². The van der Waals surface area contributed by atoms with Crippen molar-refractivity contribution in [3.05, 3.63) is 29.8 Å². The number of sulfonamides is 1. The van der Waals surface area contributed by atoms with Gasteiger partial charge in [0.2, 0.25) is 10.0 Å². The van der Waals surface area contributed by atoms with E-state index in [9.17, 15) is 8.42 Å². The van der Waals surface area contributed by atoms with E-state index in [0.717, 1.165) is 12.0 Å². The normalized spacial score (nSPS) is 25.3. The summed E-state index contributed by atoms with van der Waals surface area (Å²) in [6, 6.07) is 7.93. The lowest BCUT2D eigenvalue weighted by Crippen LogP contribution is -2.30. The fourth-order valence-corrected chi connectivity index (χ4v) is 4.14. The highest BCUT2D eigenvalue weighted by atomic mass is 32.2. The van der Waals surface area contributed by atoms with Crippen molar-refractivity contribution in [3.63, 3.8) is 0 Å². The minimum Gasteiger partial charge on any atom is -0.310 e. The smallest absolute Gasteiger partial charge is 0.243 e. The van der Waals surface area contributed by atoms with Gasteiger partial charge < -0.3 is 5.32 Å². The highest BCUT2D eigenvalue weighted by Gasteiger charge is 2.36. The number of hydrogen-bond donors (Lipinski definition) is 1. The summed E-state index contributed by atoms with van der Waals surface area (Å²) in [5.74, 6) is 1.19. The minimum absolute atomic E-state index is 0.453. The van der Waals surface area contributed by atoms with Crippen LogP contribution in [0.3, 0.4) is 0 Å². The molecule has 3 rings (SSSR count). The standard InChI is InChI=1S/C16H24N2O2S/c1-12-9-14(12)11-18(2)21(19,20)16-6-4-3-5-13(16)10-17-15-7-8-15/h3-6,12,14-15,17H,7-11H2,1-2H3. The molecule has 116 valence electrons. The van der Waals surface area contributed by atoms with E-state index >= 15 is 0 Å². The Morgan fingerprint density at radius 3 is 2.57 bits per heavy atom. The van der Waals surface area contributed by atoms with E-state index in [0.29, 0.717) is 35.9 Å². The number of hydrogen-bond acceptors (Lipinski definition) is 3. The van der Waals surface area contributed by atoms with E-state index in [1.54, 1.807) is 19.2 Å². The van der Waals surface area contributed by atoms with Gasteiger partial charge in [-0.05, 0) is 42.7 Å². The second-order valence-corrected chi connectivity index (χ2v) is 8.53. The van der Waals surface area contributed by atoms with Crippen LogP contribution in [0.25, 0.3) is 0 Å². The van der Waals surface area contributed by atoms with Gasteiger partial charge in [-0.1, -0.05) is 25.1 Å². The highest BCUT2D eigenvalue weighted by Crippen LogP contribution is 2.38. The summed E-state index contributed by atoms with van der Waals surface area (Å²) in [4.78, 5) is 0.453. The maximum atomic E-state index is 12.8. The van der Waals surface area contributed by atoms with Crippen molar-refractivity contribution in [2.45, 2.75) is 43.7 Å². The largest absolute Gasteiger partial charge is 0.310 e. The first-order valence-electron chi connectivity index (χ1n) is 7.76. The van der Waals surface area contributed by atoms with Crippen molar-refractivity contribution < 1.29 is 8.42 Å². The van der Waals surface area contributed by atoms with Gasteiger partial charge in [0.05, 0.1) is 4.90 Å². The molecule has 0 radical (unpaired) electrons. The fourth-order valence-electron chi connectivity index (χ4n) is 2.69. The van der Waals surface area contributed by atoms with Gasteiger partial charge in [0.1, 0.15) is 0 Å². The molecule has 0 bridgehead atoms. The Morgan fingerprint density at radius 1 is 1.29 bits per heavy atom. The van der Waals surface area contributed by atoms with E-state index in [4.69, 9.17) is 0 Å². The molecule has 21 heavy (non-hydrogen) atoms. The molecular formula is C16H24N2O2S. The molecule has 0 aliphatic heterocycles.